The molecule has 4 nitrogen and oxygen atoms in total. The molecule has 0 saturated heterocycles. The normalized spacial score (nSPS) is 13.1. The first-order valence-electron chi connectivity index (χ1n) is 5.29. The molecule has 2 N–H and O–H groups in total. The number of imidazole rings is 1. The average molecular weight is 254 g/mol. The smallest absolute Gasteiger partial charge is 0.179 e. The second-order valence-corrected chi connectivity index (χ2v) is 4.78. The maximum atomic E-state index is 5.29. The van der Waals surface area contributed by atoms with Gasteiger partial charge in [0.05, 0.1) is 6.33 Å². The molecule has 1 unspecified atom stereocenters. The van der Waals surface area contributed by atoms with E-state index in [0.717, 1.165) is 24.1 Å². The van der Waals surface area contributed by atoms with Gasteiger partial charge in [0.15, 0.2) is 10.4 Å². The monoisotopic (exact) mass is 254 g/mol. The molecule has 1 atom stereocenters. The van der Waals surface area contributed by atoms with E-state index in [9.17, 15) is 0 Å². The molecular formula is C10H14N4S2. The van der Waals surface area contributed by atoms with Gasteiger partial charge in [-0.05, 0) is 18.1 Å². The van der Waals surface area contributed by atoms with E-state index >= 15 is 0 Å². The van der Waals surface area contributed by atoms with Gasteiger partial charge in [-0.2, -0.15) is 0 Å². The van der Waals surface area contributed by atoms with Crippen LogP contribution in [0.25, 0.3) is 11.2 Å². The molecule has 16 heavy (non-hydrogen) atoms. The van der Waals surface area contributed by atoms with Crippen LogP contribution in [0.1, 0.15) is 20.3 Å². The van der Waals surface area contributed by atoms with Crippen LogP contribution in [0.5, 0.6) is 0 Å². The number of rotatable bonds is 3. The van der Waals surface area contributed by atoms with Crippen LogP contribution < -0.4 is 0 Å². The Morgan fingerprint density at radius 1 is 1.50 bits per heavy atom. The largest absolute Gasteiger partial charge is 0.341 e. The lowest BCUT2D eigenvalue weighted by Crippen LogP contribution is -2.10. The molecule has 0 aromatic carbocycles. The number of aromatic nitrogens is 4. The highest BCUT2D eigenvalue weighted by atomic mass is 32.1. The average Bonchev–Trinajstić information content (AvgIpc) is 2.73. The lowest BCUT2D eigenvalue weighted by molar-refractivity contribution is 0.468. The quantitative estimate of drug-likeness (QED) is 0.827. The van der Waals surface area contributed by atoms with Crippen LogP contribution in [0.2, 0.25) is 0 Å². The van der Waals surface area contributed by atoms with Crippen molar-refractivity contribution in [1.29, 1.82) is 0 Å². The number of hydrogen-bond acceptors (Lipinski definition) is 3. The fourth-order valence-corrected chi connectivity index (χ4v) is 2.17. The van der Waals surface area contributed by atoms with E-state index in [2.05, 4.69) is 28.8 Å². The van der Waals surface area contributed by atoms with Crippen LogP contribution in [-0.4, -0.2) is 19.5 Å². The van der Waals surface area contributed by atoms with Gasteiger partial charge in [0, 0.05) is 6.54 Å². The zero-order chi connectivity index (χ0) is 11.7. The summed E-state index contributed by atoms with van der Waals surface area (Å²) < 4.78 is 3.27. The summed E-state index contributed by atoms with van der Waals surface area (Å²) >= 11 is 10.5. The lowest BCUT2D eigenvalue weighted by Gasteiger charge is -2.12. The van der Waals surface area contributed by atoms with Crippen molar-refractivity contribution in [2.24, 2.45) is 5.92 Å². The van der Waals surface area contributed by atoms with Crippen molar-refractivity contribution < 1.29 is 0 Å². The summed E-state index contributed by atoms with van der Waals surface area (Å²) in [4.78, 5) is 10.3. The molecule has 0 amide bonds. The van der Waals surface area contributed by atoms with Crippen molar-refractivity contribution in [2.75, 3.05) is 0 Å². The fourth-order valence-electron chi connectivity index (χ4n) is 1.59. The molecule has 0 radical (unpaired) electrons. The molecule has 2 aromatic heterocycles. The first-order valence-corrected chi connectivity index (χ1v) is 6.11. The number of fused-ring (bicyclic) bond motifs is 1. The third-order valence-electron chi connectivity index (χ3n) is 2.76. The Morgan fingerprint density at radius 2 is 2.25 bits per heavy atom. The van der Waals surface area contributed by atoms with Crippen LogP contribution in [-0.2, 0) is 6.54 Å². The minimum atomic E-state index is 0.566. The second kappa shape index (κ2) is 4.47. The van der Waals surface area contributed by atoms with E-state index < -0.39 is 0 Å². The van der Waals surface area contributed by atoms with Crippen LogP contribution in [0.3, 0.4) is 0 Å². The van der Waals surface area contributed by atoms with Gasteiger partial charge in [0.2, 0.25) is 0 Å². The van der Waals surface area contributed by atoms with Crippen molar-refractivity contribution in [2.45, 2.75) is 26.8 Å². The Balaban J connectivity index is 2.64. The highest BCUT2D eigenvalue weighted by molar-refractivity contribution is 7.72. The standard InChI is InChI=1S/C10H14N4S2/c1-3-6(2)4-14-8-7(11-5-12-8)9(15)13-10(14)16/h5-6H,3-4H2,1-2H3,(H,11,12)(H,13,15,16). The Kier molecular flexibility index (Phi) is 3.20. The third kappa shape index (κ3) is 1.94. The molecule has 0 bridgehead atoms. The van der Waals surface area contributed by atoms with Crippen molar-refractivity contribution in [1.82, 2.24) is 19.5 Å². The Bertz CT molecular complexity index is 607. The number of nitrogens with zero attached hydrogens (tertiary/aromatic N) is 2. The van der Waals surface area contributed by atoms with Crippen LogP contribution in [0, 0.1) is 15.3 Å². The number of aromatic amines is 2. The molecule has 0 aliphatic heterocycles. The third-order valence-corrected chi connectivity index (χ3v) is 3.39. The van der Waals surface area contributed by atoms with E-state index in [-0.39, 0.29) is 0 Å². The first-order chi connectivity index (χ1) is 7.63. The zero-order valence-electron chi connectivity index (χ0n) is 9.28. The topological polar surface area (TPSA) is 49.4 Å². The summed E-state index contributed by atoms with van der Waals surface area (Å²) in [6.45, 7) is 5.23. The number of H-pyrrole nitrogens is 2. The van der Waals surface area contributed by atoms with Gasteiger partial charge in [0.25, 0.3) is 0 Å². The van der Waals surface area contributed by atoms with Crippen LogP contribution >= 0.6 is 24.4 Å². The van der Waals surface area contributed by atoms with Gasteiger partial charge in [-0.1, -0.05) is 32.5 Å². The Labute approximate surface area is 104 Å². The fraction of sp³-hybridized carbons (Fsp3) is 0.500. The second-order valence-electron chi connectivity index (χ2n) is 3.98. The predicted molar refractivity (Wildman–Crippen MR) is 69.6 cm³/mol. The van der Waals surface area contributed by atoms with E-state index in [1.165, 1.54) is 0 Å². The maximum absolute atomic E-state index is 5.29. The summed E-state index contributed by atoms with van der Waals surface area (Å²) in [5, 5.41) is 0. The van der Waals surface area contributed by atoms with Gasteiger partial charge in [-0.25, -0.2) is 4.98 Å². The Morgan fingerprint density at radius 3 is 2.94 bits per heavy atom. The van der Waals surface area contributed by atoms with E-state index in [4.69, 9.17) is 24.4 Å². The van der Waals surface area contributed by atoms with Gasteiger partial charge in [-0.15, -0.1) is 0 Å². The molecule has 2 aromatic rings. The summed E-state index contributed by atoms with van der Waals surface area (Å²) in [6.07, 6.45) is 2.76. The summed E-state index contributed by atoms with van der Waals surface area (Å²) in [5.74, 6) is 0.566. The molecular weight excluding hydrogens is 240 g/mol. The molecule has 86 valence electrons. The lowest BCUT2D eigenvalue weighted by atomic mass is 10.1. The number of hydrogen-bond donors (Lipinski definition) is 2. The van der Waals surface area contributed by atoms with E-state index in [1.807, 2.05) is 4.57 Å². The summed E-state index contributed by atoms with van der Waals surface area (Å²) in [5.41, 5.74) is 1.70. The minimum absolute atomic E-state index is 0.566. The van der Waals surface area contributed by atoms with Crippen LogP contribution in [0.15, 0.2) is 6.33 Å². The van der Waals surface area contributed by atoms with Crippen molar-refractivity contribution in [3.63, 3.8) is 0 Å². The molecule has 0 aliphatic carbocycles. The molecule has 6 heteroatoms. The zero-order valence-corrected chi connectivity index (χ0v) is 10.9. The van der Waals surface area contributed by atoms with Crippen molar-refractivity contribution >= 4 is 35.6 Å². The van der Waals surface area contributed by atoms with Crippen LogP contribution in [0.4, 0.5) is 0 Å². The SMILES string of the molecule is CCC(C)Cn1c(=S)[nH]c(=S)c2[nH]cnc21. The summed E-state index contributed by atoms with van der Waals surface area (Å²) in [7, 11) is 0. The highest BCUT2D eigenvalue weighted by Gasteiger charge is 2.08. The molecule has 0 saturated carbocycles. The van der Waals surface area contributed by atoms with Gasteiger partial charge in [0.1, 0.15) is 10.2 Å². The molecule has 2 rings (SSSR count). The van der Waals surface area contributed by atoms with E-state index in [0.29, 0.717) is 15.3 Å². The minimum Gasteiger partial charge on any atom is -0.341 e. The number of nitrogens with one attached hydrogen (secondary N) is 2. The van der Waals surface area contributed by atoms with Crippen molar-refractivity contribution in [3.8, 4) is 0 Å². The maximum Gasteiger partial charge on any atom is 0.179 e. The summed E-state index contributed by atoms with van der Waals surface area (Å²) in [6, 6.07) is 0. The predicted octanol–water partition coefficient (Wildman–Crippen LogP) is 3.20. The molecule has 0 spiro atoms. The molecule has 0 aliphatic rings. The van der Waals surface area contributed by atoms with Gasteiger partial charge < -0.3 is 14.5 Å². The molecule has 0 fully saturated rings. The molecule has 2 heterocycles. The van der Waals surface area contributed by atoms with Gasteiger partial charge >= 0.3 is 0 Å². The van der Waals surface area contributed by atoms with Gasteiger partial charge in [-0.3, -0.25) is 0 Å². The Hall–Kier alpha value is -1.01. The highest BCUT2D eigenvalue weighted by Crippen LogP contribution is 2.13. The van der Waals surface area contributed by atoms with E-state index in [1.54, 1.807) is 6.33 Å². The first kappa shape index (κ1) is 11.5. The van der Waals surface area contributed by atoms with Crippen molar-refractivity contribution in [3.05, 3.63) is 15.7 Å².